The lowest BCUT2D eigenvalue weighted by Gasteiger charge is -2.36. The van der Waals surface area contributed by atoms with Crippen LogP contribution in [0.25, 0.3) is 0 Å². The summed E-state index contributed by atoms with van der Waals surface area (Å²) in [6.07, 6.45) is -5.67. The second-order valence-electron chi connectivity index (χ2n) is 5.24. The Kier molecular flexibility index (Phi) is 6.88. The van der Waals surface area contributed by atoms with E-state index in [0.29, 0.717) is 13.0 Å². The van der Waals surface area contributed by atoms with Gasteiger partial charge in [-0.3, -0.25) is 4.52 Å². The number of aliphatic carboxylic acids is 2. The third-order valence-electron chi connectivity index (χ3n) is 3.09. The number of carbonyl (C=O) groups is 2. The topological polar surface area (TPSA) is 238 Å². The molecule has 0 aliphatic heterocycles. The normalized spacial score (nSPS) is 26.7. The summed E-state index contributed by atoms with van der Waals surface area (Å²) >= 11 is 0. The van der Waals surface area contributed by atoms with Crippen molar-refractivity contribution in [2.45, 2.75) is 37.4 Å². The molecule has 0 heterocycles. The van der Waals surface area contributed by atoms with Crippen LogP contribution in [0, 0.1) is 0 Å². The van der Waals surface area contributed by atoms with Crippen molar-refractivity contribution in [3.05, 3.63) is 11.6 Å². The van der Waals surface area contributed by atoms with Crippen LogP contribution < -0.4 is 0 Å². The van der Waals surface area contributed by atoms with Gasteiger partial charge in [0.1, 0.15) is 18.3 Å². The molecule has 0 spiro atoms. The number of carboxylic acids is 2. The maximum Gasteiger partial charge on any atom is 0.472 e. The largest absolute Gasteiger partial charge is 0.478 e. The van der Waals surface area contributed by atoms with Gasteiger partial charge in [0.2, 0.25) is 0 Å². The smallest absolute Gasteiger partial charge is 0.472 e. The summed E-state index contributed by atoms with van der Waals surface area (Å²) < 4.78 is 35.0. The van der Waals surface area contributed by atoms with Crippen LogP contribution in [0.3, 0.4) is 0 Å². The zero-order valence-electron chi connectivity index (χ0n) is 12.9. The predicted octanol–water partition coefficient (Wildman–Crippen LogP) is -1.46. The monoisotopic (exact) mass is 422 g/mol. The lowest BCUT2D eigenvalue weighted by atomic mass is 9.92. The van der Waals surface area contributed by atoms with Crippen molar-refractivity contribution < 1.29 is 67.4 Å². The minimum atomic E-state index is -5.39. The molecule has 1 rings (SSSR count). The molecule has 26 heavy (non-hydrogen) atoms. The van der Waals surface area contributed by atoms with E-state index in [0.717, 1.165) is 0 Å². The zero-order valence-corrected chi connectivity index (χ0v) is 14.7. The molecule has 0 unspecified atom stereocenters. The van der Waals surface area contributed by atoms with Gasteiger partial charge in [-0.05, 0) is 6.08 Å². The van der Waals surface area contributed by atoms with Gasteiger partial charge in [-0.2, -0.15) is 0 Å². The van der Waals surface area contributed by atoms with E-state index in [-0.39, 0.29) is 0 Å². The van der Waals surface area contributed by atoms with Gasteiger partial charge in [-0.1, -0.05) is 0 Å². The maximum absolute atomic E-state index is 11.2. The molecule has 0 aromatic rings. The number of ether oxygens (including phenoxy) is 1. The average Bonchev–Trinajstić information content (AvgIpc) is 2.39. The van der Waals surface area contributed by atoms with Gasteiger partial charge in [0, 0.05) is 18.9 Å². The van der Waals surface area contributed by atoms with E-state index in [1.54, 1.807) is 0 Å². The first-order valence-electron chi connectivity index (χ1n) is 6.57. The van der Waals surface area contributed by atoms with Crippen LogP contribution in [-0.2, 0) is 32.5 Å². The standard InChI is InChI=1S/C10H16O14P2/c1-10(9(14)15,24-26(19,20)21)22-5-2-4(8(12)13)3-6(7(5)11)23-25(16,17)18/h2,5-7,11H,3H2,1H3,(H,12,13)(H,14,15)(H2,16,17,18)(H2,19,20,21)/t5-,6-,7+,10+/m1/s1. The molecule has 16 heteroatoms. The van der Waals surface area contributed by atoms with Crippen LogP contribution in [0.1, 0.15) is 13.3 Å². The number of phosphoric ester groups is 2. The number of phosphoric acid groups is 2. The summed E-state index contributed by atoms with van der Waals surface area (Å²) in [5.74, 6) is -6.65. The quantitative estimate of drug-likeness (QED) is 0.175. The Balaban J connectivity index is 3.22. The van der Waals surface area contributed by atoms with E-state index in [1.807, 2.05) is 0 Å². The molecule has 0 aromatic heterocycles. The summed E-state index contributed by atoms with van der Waals surface area (Å²) in [7, 11) is -10.6. The average molecular weight is 422 g/mol. The third kappa shape index (κ3) is 6.52. The van der Waals surface area contributed by atoms with Crippen LogP contribution in [0.2, 0.25) is 0 Å². The number of aliphatic hydroxyl groups excluding tert-OH is 1. The first-order chi connectivity index (χ1) is 11.5. The van der Waals surface area contributed by atoms with E-state index in [9.17, 15) is 23.8 Å². The Morgan fingerprint density at radius 3 is 2.08 bits per heavy atom. The Morgan fingerprint density at radius 2 is 1.69 bits per heavy atom. The molecule has 0 aromatic carbocycles. The van der Waals surface area contributed by atoms with Gasteiger partial charge in [-0.25, -0.2) is 23.2 Å². The van der Waals surface area contributed by atoms with Crippen LogP contribution in [-0.4, -0.2) is 70.9 Å². The highest BCUT2D eigenvalue weighted by Crippen LogP contribution is 2.44. The minimum Gasteiger partial charge on any atom is -0.478 e. The zero-order chi connectivity index (χ0) is 20.5. The summed E-state index contributed by atoms with van der Waals surface area (Å²) in [5, 5.41) is 28.2. The van der Waals surface area contributed by atoms with Crippen molar-refractivity contribution in [1.29, 1.82) is 0 Å². The van der Waals surface area contributed by atoms with Gasteiger partial charge in [0.25, 0.3) is 5.79 Å². The number of rotatable bonds is 8. The van der Waals surface area contributed by atoms with E-state index in [2.05, 4.69) is 9.05 Å². The number of aliphatic hydroxyl groups is 1. The number of hydrogen-bond donors (Lipinski definition) is 7. The maximum atomic E-state index is 11.2. The Morgan fingerprint density at radius 1 is 1.15 bits per heavy atom. The van der Waals surface area contributed by atoms with Crippen molar-refractivity contribution in [2.75, 3.05) is 0 Å². The fraction of sp³-hybridized carbons (Fsp3) is 0.600. The third-order valence-corrected chi connectivity index (χ3v) is 4.23. The molecular weight excluding hydrogens is 406 g/mol. The predicted molar refractivity (Wildman–Crippen MR) is 77.3 cm³/mol. The van der Waals surface area contributed by atoms with Crippen LogP contribution in [0.4, 0.5) is 0 Å². The molecule has 0 bridgehead atoms. The molecule has 4 atom stereocenters. The molecule has 0 saturated heterocycles. The molecule has 14 nitrogen and oxygen atoms in total. The van der Waals surface area contributed by atoms with Crippen molar-refractivity contribution in [3.63, 3.8) is 0 Å². The van der Waals surface area contributed by atoms with Gasteiger partial charge < -0.3 is 39.6 Å². The lowest BCUT2D eigenvalue weighted by Crippen LogP contribution is -2.50. The molecule has 0 radical (unpaired) electrons. The van der Waals surface area contributed by atoms with E-state index >= 15 is 0 Å². The van der Waals surface area contributed by atoms with Crippen LogP contribution >= 0.6 is 15.6 Å². The molecular formula is C10H16O14P2. The van der Waals surface area contributed by atoms with Crippen molar-refractivity contribution in [1.82, 2.24) is 0 Å². The van der Waals surface area contributed by atoms with Crippen LogP contribution in [0.5, 0.6) is 0 Å². The Hall–Kier alpha value is -1.18. The van der Waals surface area contributed by atoms with Crippen molar-refractivity contribution in [3.8, 4) is 0 Å². The molecule has 7 N–H and O–H groups in total. The molecule has 0 fully saturated rings. The fourth-order valence-corrected chi connectivity index (χ4v) is 3.18. The first kappa shape index (κ1) is 22.9. The van der Waals surface area contributed by atoms with E-state index in [4.69, 9.17) is 34.5 Å². The summed E-state index contributed by atoms with van der Waals surface area (Å²) in [6, 6.07) is 0. The Labute approximate surface area is 145 Å². The first-order valence-corrected chi connectivity index (χ1v) is 9.63. The van der Waals surface area contributed by atoms with Crippen molar-refractivity contribution in [2.24, 2.45) is 0 Å². The highest BCUT2D eigenvalue weighted by atomic mass is 31.2. The molecule has 0 saturated carbocycles. The van der Waals surface area contributed by atoms with Gasteiger partial charge in [0.15, 0.2) is 0 Å². The fourth-order valence-electron chi connectivity index (χ4n) is 2.05. The highest BCUT2D eigenvalue weighted by molar-refractivity contribution is 7.46. The molecule has 1 aliphatic carbocycles. The van der Waals surface area contributed by atoms with Crippen molar-refractivity contribution >= 4 is 27.6 Å². The molecule has 150 valence electrons. The summed E-state index contributed by atoms with van der Waals surface area (Å²) in [5.41, 5.74) is -0.553. The highest BCUT2D eigenvalue weighted by Gasteiger charge is 2.48. The number of hydrogen-bond acceptors (Lipinski definition) is 8. The minimum absolute atomic E-state index is 0.553. The second-order valence-corrected chi connectivity index (χ2v) is 7.60. The summed E-state index contributed by atoms with van der Waals surface area (Å²) in [6.45, 7) is 0.572. The van der Waals surface area contributed by atoms with E-state index < -0.39 is 63.7 Å². The van der Waals surface area contributed by atoms with E-state index in [1.165, 1.54) is 0 Å². The Bertz CT molecular complexity index is 690. The van der Waals surface area contributed by atoms with Gasteiger partial charge in [0.05, 0.1) is 0 Å². The summed E-state index contributed by atoms with van der Waals surface area (Å²) in [4.78, 5) is 57.6. The molecule has 1 aliphatic rings. The number of carboxylic acid groups (broad SMARTS) is 2. The molecule has 0 amide bonds. The SMILES string of the molecule is C[C@](O[C@@H]1C=C(C(=O)O)C[C@@H](OP(=O)(O)O)[C@H]1O)(OP(=O)(O)O)C(=O)O. The van der Waals surface area contributed by atoms with Gasteiger partial charge in [-0.15, -0.1) is 0 Å². The second kappa shape index (κ2) is 7.82. The van der Waals surface area contributed by atoms with Crippen LogP contribution in [0.15, 0.2) is 11.6 Å². The van der Waals surface area contributed by atoms with Gasteiger partial charge >= 0.3 is 27.6 Å². The lowest BCUT2D eigenvalue weighted by molar-refractivity contribution is -0.234.